The fraction of sp³-hybridized carbons (Fsp3) is 0.455. The Bertz CT molecular complexity index is 431. The lowest BCUT2D eigenvalue weighted by Crippen LogP contribution is -1.92. The number of nitro benzene ring substituents is 1. The number of hydrogen-bond donors (Lipinski definition) is 0. The van der Waals surface area contributed by atoms with Gasteiger partial charge in [-0.15, -0.1) is 0 Å². The topological polar surface area (TPSA) is 60.2 Å². The Morgan fingerprint density at radius 2 is 1.75 bits per heavy atom. The molecule has 1 heterocycles. The highest BCUT2D eigenvalue weighted by atomic mass is 31.2. The zero-order chi connectivity index (χ0) is 11.6. The van der Waals surface area contributed by atoms with Crippen molar-refractivity contribution in [1.29, 1.82) is 0 Å². The van der Waals surface area contributed by atoms with E-state index in [1.54, 1.807) is 12.1 Å². The van der Waals surface area contributed by atoms with Crippen molar-refractivity contribution in [2.24, 2.45) is 0 Å². The van der Waals surface area contributed by atoms with E-state index in [1.807, 2.05) is 0 Å². The first-order chi connectivity index (χ1) is 7.59. The van der Waals surface area contributed by atoms with Crippen molar-refractivity contribution in [3.63, 3.8) is 0 Å². The Balaban J connectivity index is 2.10. The maximum absolute atomic E-state index is 12.3. The molecule has 0 spiro atoms. The van der Waals surface area contributed by atoms with E-state index in [4.69, 9.17) is 0 Å². The van der Waals surface area contributed by atoms with Gasteiger partial charge in [-0.1, -0.05) is 12.1 Å². The molecular weight excluding hydrogens is 225 g/mol. The maximum Gasteiger partial charge on any atom is 0.269 e. The molecule has 1 aromatic carbocycles. The quantitative estimate of drug-likeness (QED) is 0.462. The molecule has 1 aliphatic heterocycles. The highest BCUT2D eigenvalue weighted by Crippen LogP contribution is 2.54. The molecule has 0 unspecified atom stereocenters. The molecule has 1 fully saturated rings. The Labute approximate surface area is 94.2 Å². The van der Waals surface area contributed by atoms with Gasteiger partial charge >= 0.3 is 0 Å². The van der Waals surface area contributed by atoms with E-state index in [0.717, 1.165) is 30.7 Å². The summed E-state index contributed by atoms with van der Waals surface area (Å²) >= 11 is 0. The van der Waals surface area contributed by atoms with Crippen LogP contribution >= 0.6 is 7.14 Å². The first-order valence-corrected chi connectivity index (χ1v) is 7.66. The summed E-state index contributed by atoms with van der Waals surface area (Å²) in [6.07, 6.45) is 4.40. The highest BCUT2D eigenvalue weighted by molar-refractivity contribution is 7.63. The molecule has 16 heavy (non-hydrogen) atoms. The number of nitrogens with zero attached hydrogens (tertiary/aromatic N) is 1. The second-order valence-corrected chi connectivity index (χ2v) is 7.62. The number of nitro groups is 1. The molecule has 1 aromatic rings. The SMILES string of the molecule is O=[N+]([O-])c1ccc(CP2(=O)CCCC2)cc1. The lowest BCUT2D eigenvalue weighted by Gasteiger charge is -2.10. The summed E-state index contributed by atoms with van der Waals surface area (Å²) in [6.45, 7) is 0. The van der Waals surface area contributed by atoms with Gasteiger partial charge in [0.2, 0.25) is 0 Å². The van der Waals surface area contributed by atoms with Gasteiger partial charge in [-0.25, -0.2) is 0 Å². The average Bonchev–Trinajstić information content (AvgIpc) is 2.65. The zero-order valence-electron chi connectivity index (χ0n) is 8.96. The van der Waals surface area contributed by atoms with E-state index in [-0.39, 0.29) is 5.69 Å². The first-order valence-electron chi connectivity index (χ1n) is 5.39. The highest BCUT2D eigenvalue weighted by Gasteiger charge is 2.26. The number of benzene rings is 1. The molecule has 0 radical (unpaired) electrons. The smallest absolute Gasteiger partial charge is 0.269 e. The maximum atomic E-state index is 12.3. The minimum absolute atomic E-state index is 0.0912. The molecule has 0 saturated carbocycles. The lowest BCUT2D eigenvalue weighted by molar-refractivity contribution is -0.384. The molecule has 1 aliphatic rings. The minimum Gasteiger partial charge on any atom is -0.323 e. The molecule has 0 atom stereocenters. The summed E-state index contributed by atoms with van der Waals surface area (Å²) in [6, 6.07) is 6.40. The second-order valence-electron chi connectivity index (χ2n) is 4.29. The molecule has 0 aromatic heterocycles. The molecule has 86 valence electrons. The molecule has 5 heteroatoms. The van der Waals surface area contributed by atoms with Crippen molar-refractivity contribution in [3.05, 3.63) is 39.9 Å². The zero-order valence-corrected chi connectivity index (χ0v) is 9.86. The number of rotatable bonds is 3. The van der Waals surface area contributed by atoms with Crippen LogP contribution in [0.2, 0.25) is 0 Å². The molecule has 0 amide bonds. The summed E-state index contributed by atoms with van der Waals surface area (Å²) in [5, 5.41) is 10.5. The van der Waals surface area contributed by atoms with Gasteiger partial charge in [0.1, 0.15) is 0 Å². The van der Waals surface area contributed by atoms with Crippen LogP contribution < -0.4 is 0 Å². The molecule has 0 aliphatic carbocycles. The van der Waals surface area contributed by atoms with Crippen LogP contribution in [0.3, 0.4) is 0 Å². The van der Waals surface area contributed by atoms with Crippen LogP contribution in [0.1, 0.15) is 18.4 Å². The predicted molar refractivity (Wildman–Crippen MR) is 63.4 cm³/mol. The summed E-state index contributed by atoms with van der Waals surface area (Å²) < 4.78 is 12.3. The lowest BCUT2D eigenvalue weighted by atomic mass is 10.2. The molecule has 2 rings (SSSR count). The number of hydrogen-bond acceptors (Lipinski definition) is 3. The average molecular weight is 239 g/mol. The van der Waals surface area contributed by atoms with Crippen LogP contribution in [0.15, 0.2) is 24.3 Å². The normalized spacial score (nSPS) is 18.5. The molecule has 1 saturated heterocycles. The van der Waals surface area contributed by atoms with E-state index in [0.29, 0.717) is 6.16 Å². The van der Waals surface area contributed by atoms with Crippen LogP contribution in [0.5, 0.6) is 0 Å². The molecule has 0 N–H and O–H groups in total. The van der Waals surface area contributed by atoms with Gasteiger partial charge in [0.05, 0.1) is 12.1 Å². The van der Waals surface area contributed by atoms with Crippen molar-refractivity contribution >= 4 is 12.8 Å². The standard InChI is InChI=1S/C11H14NO3P/c13-12(14)11-5-3-10(4-6-11)9-16(15)7-1-2-8-16/h3-6H,1-2,7-9H2. The van der Waals surface area contributed by atoms with Gasteiger partial charge in [-0.3, -0.25) is 10.1 Å². The summed E-state index contributed by atoms with van der Waals surface area (Å²) in [5.41, 5.74) is 1.05. The number of non-ortho nitro benzene ring substituents is 1. The fourth-order valence-corrected chi connectivity index (χ4v) is 5.14. The Morgan fingerprint density at radius 3 is 2.25 bits per heavy atom. The monoisotopic (exact) mass is 239 g/mol. The van der Waals surface area contributed by atoms with Gasteiger partial charge < -0.3 is 4.57 Å². The third kappa shape index (κ3) is 2.50. The van der Waals surface area contributed by atoms with Gasteiger partial charge in [-0.2, -0.15) is 0 Å². The van der Waals surface area contributed by atoms with E-state index in [2.05, 4.69) is 0 Å². The molecule has 0 bridgehead atoms. The van der Waals surface area contributed by atoms with Gasteiger partial charge in [0, 0.05) is 30.6 Å². The minimum atomic E-state index is -2.00. The van der Waals surface area contributed by atoms with Crippen molar-refractivity contribution in [2.45, 2.75) is 19.0 Å². The van der Waals surface area contributed by atoms with Crippen molar-refractivity contribution < 1.29 is 9.49 Å². The van der Waals surface area contributed by atoms with E-state index in [1.165, 1.54) is 12.1 Å². The van der Waals surface area contributed by atoms with Crippen molar-refractivity contribution in [3.8, 4) is 0 Å². The van der Waals surface area contributed by atoms with E-state index >= 15 is 0 Å². The summed E-state index contributed by atoms with van der Waals surface area (Å²) in [7, 11) is -2.00. The third-order valence-corrected chi connectivity index (χ3v) is 6.20. The van der Waals surface area contributed by atoms with Crippen LogP contribution in [0.25, 0.3) is 0 Å². The molecule has 4 nitrogen and oxygen atoms in total. The van der Waals surface area contributed by atoms with Gasteiger partial charge in [0.25, 0.3) is 5.69 Å². The Morgan fingerprint density at radius 1 is 1.19 bits per heavy atom. The predicted octanol–water partition coefficient (Wildman–Crippen LogP) is 3.25. The summed E-state index contributed by atoms with van der Waals surface area (Å²) in [4.78, 5) is 10.1. The van der Waals surface area contributed by atoms with E-state index in [9.17, 15) is 14.7 Å². The Hall–Kier alpha value is -1.15. The first kappa shape index (κ1) is 11.3. The van der Waals surface area contributed by atoms with Gasteiger partial charge in [-0.05, 0) is 18.4 Å². The largest absolute Gasteiger partial charge is 0.323 e. The molecular formula is C11H14NO3P. The van der Waals surface area contributed by atoms with Crippen molar-refractivity contribution in [2.75, 3.05) is 12.3 Å². The summed E-state index contributed by atoms with van der Waals surface area (Å²) in [5.74, 6) is 0. The fourth-order valence-electron chi connectivity index (χ4n) is 2.13. The van der Waals surface area contributed by atoms with E-state index < -0.39 is 12.1 Å². The third-order valence-electron chi connectivity index (χ3n) is 3.00. The Kier molecular flexibility index (Phi) is 3.10. The van der Waals surface area contributed by atoms with Crippen LogP contribution in [-0.2, 0) is 10.7 Å². The second kappa shape index (κ2) is 4.38. The van der Waals surface area contributed by atoms with Crippen LogP contribution in [0.4, 0.5) is 5.69 Å². The van der Waals surface area contributed by atoms with Crippen molar-refractivity contribution in [1.82, 2.24) is 0 Å². The van der Waals surface area contributed by atoms with Crippen LogP contribution in [-0.4, -0.2) is 17.2 Å². The van der Waals surface area contributed by atoms with Crippen LogP contribution in [0, 0.1) is 10.1 Å². The van der Waals surface area contributed by atoms with Gasteiger partial charge in [0.15, 0.2) is 0 Å².